The van der Waals surface area contributed by atoms with Gasteiger partial charge in [-0.05, 0) is 38.0 Å². The Kier molecular flexibility index (Phi) is 4.85. The summed E-state index contributed by atoms with van der Waals surface area (Å²) in [6.07, 6.45) is 2.12. The Morgan fingerprint density at radius 1 is 1.28 bits per heavy atom. The Labute approximate surface area is 148 Å². The maximum atomic E-state index is 12.6. The van der Waals surface area contributed by atoms with Crippen LogP contribution in [0.5, 0.6) is 5.75 Å². The Morgan fingerprint density at radius 3 is 2.68 bits per heavy atom. The molecule has 3 aromatic rings. The average Bonchev–Trinajstić information content (AvgIpc) is 2.93. The minimum Gasteiger partial charge on any atom is -0.494 e. The third-order valence-corrected chi connectivity index (χ3v) is 5.13. The van der Waals surface area contributed by atoms with E-state index in [1.165, 1.54) is 16.5 Å². The number of ether oxygens (including phenoxy) is 1. The zero-order chi connectivity index (χ0) is 18.0. The van der Waals surface area contributed by atoms with Crippen molar-refractivity contribution in [2.45, 2.75) is 26.8 Å². The molecular formula is C18H18N2O4S. The minimum atomic E-state index is -1.03. The molecule has 6 nitrogen and oxygen atoms in total. The Balaban J connectivity index is 1.70. The number of carbonyl (C=O) groups is 1. The van der Waals surface area contributed by atoms with Gasteiger partial charge in [0.2, 0.25) is 0 Å². The van der Waals surface area contributed by atoms with Crippen LogP contribution in [0, 0.1) is 13.8 Å². The highest BCUT2D eigenvalue weighted by Gasteiger charge is 2.18. The molecule has 0 amide bonds. The lowest BCUT2D eigenvalue weighted by molar-refractivity contribution is 0.0701. The lowest BCUT2D eigenvalue weighted by Crippen LogP contribution is -2.21. The summed E-state index contributed by atoms with van der Waals surface area (Å²) in [5.74, 6) is -0.232. The fourth-order valence-electron chi connectivity index (χ4n) is 2.58. The molecule has 0 radical (unpaired) electrons. The molecule has 0 atom stereocenters. The molecule has 0 saturated carbocycles. The number of hydrogen-bond acceptors (Lipinski definition) is 5. The highest BCUT2D eigenvalue weighted by molar-refractivity contribution is 7.20. The first-order chi connectivity index (χ1) is 12.0. The first-order valence-corrected chi connectivity index (χ1v) is 8.70. The van der Waals surface area contributed by atoms with E-state index in [0.717, 1.165) is 17.1 Å². The van der Waals surface area contributed by atoms with E-state index in [4.69, 9.17) is 4.74 Å². The molecule has 0 spiro atoms. The van der Waals surface area contributed by atoms with Crippen LogP contribution in [-0.2, 0) is 6.54 Å². The predicted molar refractivity (Wildman–Crippen MR) is 96.9 cm³/mol. The van der Waals surface area contributed by atoms with E-state index in [-0.39, 0.29) is 10.4 Å². The molecule has 0 aliphatic rings. The minimum absolute atomic E-state index is 0.167. The van der Waals surface area contributed by atoms with Crippen LogP contribution in [0.3, 0.4) is 0 Å². The molecule has 3 rings (SSSR count). The summed E-state index contributed by atoms with van der Waals surface area (Å²) in [6, 6.07) is 7.79. The summed E-state index contributed by atoms with van der Waals surface area (Å²) in [7, 11) is 0. The Morgan fingerprint density at radius 2 is 2.00 bits per heavy atom. The third kappa shape index (κ3) is 3.56. The molecule has 0 unspecified atom stereocenters. The average molecular weight is 358 g/mol. The SMILES string of the molecule is Cc1ccc(OCCCn2cnc3sc(C(=O)O)c(C)c3c2=O)cc1. The lowest BCUT2D eigenvalue weighted by atomic mass is 10.2. The monoisotopic (exact) mass is 358 g/mol. The number of hydrogen-bond donors (Lipinski definition) is 1. The van der Waals surface area contributed by atoms with Crippen LogP contribution in [0.4, 0.5) is 0 Å². The van der Waals surface area contributed by atoms with Gasteiger partial charge in [0.25, 0.3) is 5.56 Å². The van der Waals surface area contributed by atoms with Crippen molar-refractivity contribution in [1.29, 1.82) is 0 Å². The van der Waals surface area contributed by atoms with Crippen LogP contribution in [0.2, 0.25) is 0 Å². The molecule has 0 bridgehead atoms. The molecule has 25 heavy (non-hydrogen) atoms. The van der Waals surface area contributed by atoms with Gasteiger partial charge < -0.3 is 9.84 Å². The van der Waals surface area contributed by atoms with Gasteiger partial charge in [-0.3, -0.25) is 9.36 Å². The van der Waals surface area contributed by atoms with Crippen LogP contribution in [0.15, 0.2) is 35.4 Å². The van der Waals surface area contributed by atoms with Gasteiger partial charge in [0.15, 0.2) is 0 Å². The number of fused-ring (bicyclic) bond motifs is 1. The molecule has 7 heteroatoms. The van der Waals surface area contributed by atoms with Gasteiger partial charge in [-0.2, -0.15) is 0 Å². The first kappa shape index (κ1) is 17.2. The van der Waals surface area contributed by atoms with E-state index in [1.54, 1.807) is 6.92 Å². The molecule has 2 aromatic heterocycles. The van der Waals surface area contributed by atoms with Gasteiger partial charge in [-0.1, -0.05) is 17.7 Å². The van der Waals surface area contributed by atoms with Crippen molar-refractivity contribution in [2.24, 2.45) is 0 Å². The summed E-state index contributed by atoms with van der Waals surface area (Å²) in [5, 5.41) is 9.58. The van der Waals surface area contributed by atoms with Gasteiger partial charge in [0, 0.05) is 6.54 Å². The molecule has 0 fully saturated rings. The van der Waals surface area contributed by atoms with E-state index in [2.05, 4.69) is 4.98 Å². The number of aryl methyl sites for hydroxylation is 3. The van der Waals surface area contributed by atoms with Crippen molar-refractivity contribution in [3.8, 4) is 5.75 Å². The number of thiophene rings is 1. The number of nitrogens with zero attached hydrogens (tertiary/aromatic N) is 2. The highest BCUT2D eigenvalue weighted by Crippen LogP contribution is 2.26. The van der Waals surface area contributed by atoms with Crippen molar-refractivity contribution in [2.75, 3.05) is 6.61 Å². The molecular weight excluding hydrogens is 340 g/mol. The molecule has 1 aromatic carbocycles. The third-order valence-electron chi connectivity index (χ3n) is 3.94. The van der Waals surface area contributed by atoms with Crippen LogP contribution in [-0.4, -0.2) is 27.2 Å². The quantitative estimate of drug-likeness (QED) is 0.684. The summed E-state index contributed by atoms with van der Waals surface area (Å²) in [4.78, 5) is 28.7. The fourth-order valence-corrected chi connectivity index (χ4v) is 3.56. The number of aromatic nitrogens is 2. The van der Waals surface area contributed by atoms with Crippen molar-refractivity contribution in [1.82, 2.24) is 9.55 Å². The number of aromatic carboxylic acids is 1. The lowest BCUT2D eigenvalue weighted by Gasteiger charge is -2.08. The van der Waals surface area contributed by atoms with E-state index < -0.39 is 5.97 Å². The Bertz CT molecular complexity index is 973. The largest absolute Gasteiger partial charge is 0.494 e. The summed E-state index contributed by atoms with van der Waals surface area (Å²) in [6.45, 7) is 4.61. The molecule has 0 aliphatic heterocycles. The van der Waals surface area contributed by atoms with Crippen molar-refractivity contribution in [3.63, 3.8) is 0 Å². The number of benzene rings is 1. The van der Waals surface area contributed by atoms with E-state index in [0.29, 0.717) is 35.4 Å². The molecule has 130 valence electrons. The topological polar surface area (TPSA) is 81.4 Å². The van der Waals surface area contributed by atoms with Crippen molar-refractivity contribution >= 4 is 27.5 Å². The van der Waals surface area contributed by atoms with Gasteiger partial charge in [0.05, 0.1) is 18.3 Å². The highest BCUT2D eigenvalue weighted by atomic mass is 32.1. The predicted octanol–water partition coefficient (Wildman–Crippen LogP) is 3.24. The van der Waals surface area contributed by atoms with E-state index in [1.807, 2.05) is 31.2 Å². The van der Waals surface area contributed by atoms with Gasteiger partial charge in [-0.15, -0.1) is 11.3 Å². The van der Waals surface area contributed by atoms with Gasteiger partial charge >= 0.3 is 5.97 Å². The second-order valence-electron chi connectivity index (χ2n) is 5.80. The fraction of sp³-hybridized carbons (Fsp3) is 0.278. The van der Waals surface area contributed by atoms with Crippen LogP contribution in [0.1, 0.15) is 27.2 Å². The molecule has 2 heterocycles. The maximum Gasteiger partial charge on any atom is 0.346 e. The second kappa shape index (κ2) is 7.06. The van der Waals surface area contributed by atoms with Crippen LogP contribution < -0.4 is 10.3 Å². The molecule has 1 N–H and O–H groups in total. The summed E-state index contributed by atoms with van der Waals surface area (Å²) < 4.78 is 7.16. The Hall–Kier alpha value is -2.67. The first-order valence-electron chi connectivity index (χ1n) is 7.88. The zero-order valence-electron chi connectivity index (χ0n) is 14.0. The van der Waals surface area contributed by atoms with E-state index >= 15 is 0 Å². The van der Waals surface area contributed by atoms with Gasteiger partial charge in [-0.25, -0.2) is 9.78 Å². The summed E-state index contributed by atoms with van der Waals surface area (Å²) in [5.41, 5.74) is 1.45. The van der Waals surface area contributed by atoms with Gasteiger partial charge in [0.1, 0.15) is 15.5 Å². The van der Waals surface area contributed by atoms with Crippen molar-refractivity contribution in [3.05, 3.63) is 57.0 Å². The van der Waals surface area contributed by atoms with Crippen LogP contribution >= 0.6 is 11.3 Å². The van der Waals surface area contributed by atoms with Crippen LogP contribution in [0.25, 0.3) is 10.2 Å². The standard InChI is InChI=1S/C18H18N2O4S/c1-11-4-6-13(7-5-11)24-9-3-8-20-10-19-16-14(17(20)21)12(2)15(25-16)18(22)23/h4-7,10H,3,8-9H2,1-2H3,(H,22,23). The normalized spacial score (nSPS) is 11.0. The maximum absolute atomic E-state index is 12.6. The number of rotatable bonds is 6. The van der Waals surface area contributed by atoms with E-state index in [9.17, 15) is 14.7 Å². The number of carboxylic acids is 1. The molecule has 0 aliphatic carbocycles. The summed E-state index contributed by atoms with van der Waals surface area (Å²) >= 11 is 1.03. The second-order valence-corrected chi connectivity index (χ2v) is 6.80. The smallest absolute Gasteiger partial charge is 0.346 e. The van der Waals surface area contributed by atoms with Crippen molar-refractivity contribution < 1.29 is 14.6 Å². The molecule has 0 saturated heterocycles. The number of carboxylic acid groups (broad SMARTS) is 1. The zero-order valence-corrected chi connectivity index (χ0v) is 14.8.